The van der Waals surface area contributed by atoms with E-state index in [1.165, 1.54) is 5.56 Å². The Morgan fingerprint density at radius 1 is 1.43 bits per heavy atom. The Balaban J connectivity index is 2.41. The van der Waals surface area contributed by atoms with Crippen molar-refractivity contribution in [3.63, 3.8) is 0 Å². The van der Waals surface area contributed by atoms with E-state index in [-0.39, 0.29) is 0 Å². The summed E-state index contributed by atoms with van der Waals surface area (Å²) >= 11 is 8.47. The number of thiocarbonyl (C=S) groups is 1. The van der Waals surface area contributed by atoms with Gasteiger partial charge in [0.05, 0.1) is 0 Å². The first-order chi connectivity index (χ1) is 6.72. The van der Waals surface area contributed by atoms with Crippen LogP contribution in [-0.2, 0) is 6.54 Å². The van der Waals surface area contributed by atoms with Crippen molar-refractivity contribution in [2.75, 3.05) is 6.54 Å². The second kappa shape index (κ2) is 5.98. The fourth-order valence-corrected chi connectivity index (χ4v) is 1.72. The molecule has 0 fully saturated rings. The molecule has 0 aliphatic carbocycles. The highest BCUT2D eigenvalue weighted by atomic mass is 79.9. The molecule has 0 aliphatic heterocycles. The van der Waals surface area contributed by atoms with Crippen molar-refractivity contribution in [2.45, 2.75) is 13.5 Å². The van der Waals surface area contributed by atoms with Crippen molar-refractivity contribution < 1.29 is 0 Å². The number of hydrogen-bond acceptors (Lipinski definition) is 1. The maximum atomic E-state index is 5.05. The van der Waals surface area contributed by atoms with E-state index in [1.54, 1.807) is 0 Å². The molecular formula is C10H13BrN2S. The minimum Gasteiger partial charge on any atom is -0.363 e. The Morgan fingerprint density at radius 3 is 2.86 bits per heavy atom. The van der Waals surface area contributed by atoms with Gasteiger partial charge in [-0.1, -0.05) is 28.1 Å². The van der Waals surface area contributed by atoms with E-state index in [0.717, 1.165) is 17.6 Å². The van der Waals surface area contributed by atoms with Gasteiger partial charge in [0.25, 0.3) is 0 Å². The molecule has 1 rings (SSSR count). The van der Waals surface area contributed by atoms with E-state index in [9.17, 15) is 0 Å². The fourth-order valence-electron chi connectivity index (χ4n) is 1.05. The lowest BCUT2D eigenvalue weighted by Crippen LogP contribution is -2.34. The Labute approximate surface area is 98.2 Å². The number of nitrogens with one attached hydrogen (secondary N) is 2. The smallest absolute Gasteiger partial charge is 0.166 e. The summed E-state index contributed by atoms with van der Waals surface area (Å²) in [5, 5.41) is 6.87. The summed E-state index contributed by atoms with van der Waals surface area (Å²) in [6.07, 6.45) is 0. The standard InChI is InChI=1S/C10H13BrN2S/c1-2-12-10(14)13-7-8-4-3-5-9(11)6-8/h3-6H,2,7H2,1H3,(H2,12,13,14). The van der Waals surface area contributed by atoms with Crippen LogP contribution in [0.15, 0.2) is 28.7 Å². The molecule has 1 aromatic rings. The minimum atomic E-state index is 0.701. The summed E-state index contributed by atoms with van der Waals surface area (Å²) in [4.78, 5) is 0. The molecule has 0 radical (unpaired) electrons. The van der Waals surface area contributed by atoms with Crippen molar-refractivity contribution in [1.82, 2.24) is 10.6 Å². The highest BCUT2D eigenvalue weighted by Gasteiger charge is 1.95. The third-order valence-electron chi connectivity index (χ3n) is 1.68. The Hall–Kier alpha value is -0.610. The molecule has 0 heterocycles. The average Bonchev–Trinajstić information content (AvgIpc) is 2.15. The molecule has 1 aromatic carbocycles. The van der Waals surface area contributed by atoms with E-state index in [4.69, 9.17) is 12.2 Å². The quantitative estimate of drug-likeness (QED) is 0.827. The summed E-state index contributed by atoms with van der Waals surface area (Å²) in [5.74, 6) is 0. The van der Waals surface area contributed by atoms with E-state index in [0.29, 0.717) is 5.11 Å². The van der Waals surface area contributed by atoms with Gasteiger partial charge in [-0.15, -0.1) is 0 Å². The lowest BCUT2D eigenvalue weighted by atomic mass is 10.2. The maximum Gasteiger partial charge on any atom is 0.166 e. The number of hydrogen-bond donors (Lipinski definition) is 2. The highest BCUT2D eigenvalue weighted by Crippen LogP contribution is 2.11. The van der Waals surface area contributed by atoms with Crippen LogP contribution in [-0.4, -0.2) is 11.7 Å². The molecule has 2 nitrogen and oxygen atoms in total. The van der Waals surface area contributed by atoms with Crippen LogP contribution in [0.5, 0.6) is 0 Å². The zero-order valence-electron chi connectivity index (χ0n) is 8.01. The van der Waals surface area contributed by atoms with Crippen molar-refractivity contribution in [3.05, 3.63) is 34.3 Å². The number of halogens is 1. The summed E-state index contributed by atoms with van der Waals surface area (Å²) < 4.78 is 1.09. The van der Waals surface area contributed by atoms with Crippen LogP contribution < -0.4 is 10.6 Å². The van der Waals surface area contributed by atoms with Gasteiger partial charge in [0.1, 0.15) is 0 Å². The SMILES string of the molecule is CCNC(=S)NCc1cccc(Br)c1. The fraction of sp³-hybridized carbons (Fsp3) is 0.300. The van der Waals surface area contributed by atoms with Gasteiger partial charge >= 0.3 is 0 Å². The van der Waals surface area contributed by atoms with Gasteiger partial charge in [0.2, 0.25) is 0 Å². The van der Waals surface area contributed by atoms with Crippen LogP contribution in [0.25, 0.3) is 0 Å². The van der Waals surface area contributed by atoms with Crippen molar-refractivity contribution >= 4 is 33.3 Å². The first kappa shape index (κ1) is 11.5. The van der Waals surface area contributed by atoms with E-state index >= 15 is 0 Å². The predicted octanol–water partition coefficient (Wildman–Crippen LogP) is 2.43. The van der Waals surface area contributed by atoms with E-state index < -0.39 is 0 Å². The lowest BCUT2D eigenvalue weighted by Gasteiger charge is -2.08. The van der Waals surface area contributed by atoms with Gasteiger partial charge in [-0.25, -0.2) is 0 Å². The molecule has 0 aromatic heterocycles. The highest BCUT2D eigenvalue weighted by molar-refractivity contribution is 9.10. The number of rotatable bonds is 3. The van der Waals surface area contributed by atoms with E-state index in [1.807, 2.05) is 19.1 Å². The van der Waals surface area contributed by atoms with Gasteiger partial charge < -0.3 is 10.6 Å². The molecule has 0 aliphatic rings. The molecule has 0 bridgehead atoms. The molecule has 4 heteroatoms. The normalized spacial score (nSPS) is 9.57. The van der Waals surface area contributed by atoms with Crippen LogP contribution in [0.3, 0.4) is 0 Å². The molecule has 14 heavy (non-hydrogen) atoms. The summed E-state index contributed by atoms with van der Waals surface area (Å²) in [7, 11) is 0. The molecular weight excluding hydrogens is 260 g/mol. The molecule has 0 saturated heterocycles. The third-order valence-corrected chi connectivity index (χ3v) is 2.46. The zero-order chi connectivity index (χ0) is 10.4. The molecule has 76 valence electrons. The van der Waals surface area contributed by atoms with Crippen LogP contribution in [0.4, 0.5) is 0 Å². The topological polar surface area (TPSA) is 24.1 Å². The average molecular weight is 273 g/mol. The molecule has 0 spiro atoms. The van der Waals surface area contributed by atoms with E-state index in [2.05, 4.69) is 38.7 Å². The van der Waals surface area contributed by atoms with Gasteiger partial charge in [0.15, 0.2) is 5.11 Å². The summed E-state index contributed by atoms with van der Waals surface area (Å²) in [5.41, 5.74) is 1.21. The first-order valence-electron chi connectivity index (χ1n) is 4.48. The van der Waals surface area contributed by atoms with Crippen LogP contribution in [0.2, 0.25) is 0 Å². The third kappa shape index (κ3) is 4.07. The molecule has 0 atom stereocenters. The Morgan fingerprint density at radius 2 is 2.21 bits per heavy atom. The van der Waals surface area contributed by atoms with Crippen LogP contribution >= 0.6 is 28.1 Å². The molecule has 0 saturated carbocycles. The summed E-state index contributed by atoms with van der Waals surface area (Å²) in [6.45, 7) is 3.63. The second-order valence-corrected chi connectivity index (χ2v) is 4.17. The van der Waals surface area contributed by atoms with Gasteiger partial charge in [-0.05, 0) is 36.8 Å². The molecule has 0 unspecified atom stereocenters. The first-order valence-corrected chi connectivity index (χ1v) is 5.68. The van der Waals surface area contributed by atoms with Crippen molar-refractivity contribution in [3.8, 4) is 0 Å². The Kier molecular flexibility index (Phi) is 4.90. The van der Waals surface area contributed by atoms with Gasteiger partial charge in [-0.2, -0.15) is 0 Å². The molecule has 0 amide bonds. The molecule has 2 N–H and O–H groups in total. The van der Waals surface area contributed by atoms with Gasteiger partial charge in [0, 0.05) is 17.6 Å². The van der Waals surface area contributed by atoms with Crippen molar-refractivity contribution in [2.24, 2.45) is 0 Å². The maximum absolute atomic E-state index is 5.05. The van der Waals surface area contributed by atoms with Crippen LogP contribution in [0, 0.1) is 0 Å². The van der Waals surface area contributed by atoms with Crippen LogP contribution in [0.1, 0.15) is 12.5 Å². The monoisotopic (exact) mass is 272 g/mol. The number of benzene rings is 1. The van der Waals surface area contributed by atoms with Gasteiger partial charge in [-0.3, -0.25) is 0 Å². The Bertz CT molecular complexity index is 315. The predicted molar refractivity (Wildman–Crippen MR) is 67.3 cm³/mol. The zero-order valence-corrected chi connectivity index (χ0v) is 10.4. The minimum absolute atomic E-state index is 0.701. The largest absolute Gasteiger partial charge is 0.363 e. The second-order valence-electron chi connectivity index (χ2n) is 2.84. The summed E-state index contributed by atoms with van der Waals surface area (Å²) in [6, 6.07) is 8.15. The lowest BCUT2D eigenvalue weighted by molar-refractivity contribution is 0.854. The van der Waals surface area contributed by atoms with Crippen molar-refractivity contribution in [1.29, 1.82) is 0 Å².